The molecule has 0 bridgehead atoms. The first kappa shape index (κ1) is 22.2. The molecule has 23 heavy (non-hydrogen) atoms. The lowest BCUT2D eigenvalue weighted by Gasteiger charge is -2.41. The summed E-state index contributed by atoms with van der Waals surface area (Å²) in [5.74, 6) is -18.0. The lowest BCUT2D eigenvalue weighted by atomic mass is 9.94. The second-order valence-corrected chi connectivity index (χ2v) is 5.67. The predicted molar refractivity (Wildman–Crippen MR) is 56.1 cm³/mol. The van der Waals surface area contributed by atoms with Gasteiger partial charge in [-0.3, -0.25) is 0 Å². The summed E-state index contributed by atoms with van der Waals surface area (Å²) in [6.45, 7) is -0.560. The first-order chi connectivity index (χ1) is 9.65. The molecule has 0 aliphatic rings. The molecule has 1 nitrogen and oxygen atoms in total. The Bertz CT molecular complexity index is 422. The summed E-state index contributed by atoms with van der Waals surface area (Å²) < 4.78 is 146. The first-order valence-corrected chi connectivity index (χ1v) is 5.83. The zero-order valence-corrected chi connectivity index (χ0v) is 12.1. The van der Waals surface area contributed by atoms with Gasteiger partial charge in [-0.2, -0.15) is 35.1 Å². The summed E-state index contributed by atoms with van der Waals surface area (Å²) in [5.41, 5.74) is -8.16. The summed E-state index contributed by atoms with van der Waals surface area (Å²) in [6.07, 6.45) is -11.0. The number of alkyl halides is 11. The molecule has 0 atom stereocenters. The van der Waals surface area contributed by atoms with Crippen molar-refractivity contribution in [2.45, 2.75) is 69.3 Å². The maximum atomic E-state index is 13.3. The largest absolute Gasteiger partial charge is 0.426 e. The van der Waals surface area contributed by atoms with Crippen molar-refractivity contribution >= 4 is 0 Å². The number of halogens is 11. The Balaban J connectivity index is 5.83. The zero-order chi connectivity index (χ0) is 19.3. The fourth-order valence-corrected chi connectivity index (χ4v) is 1.27. The predicted octanol–water partition coefficient (Wildman–Crippen LogP) is 5.29. The fraction of sp³-hybridized carbons (Fsp3) is 1.00. The highest BCUT2D eigenvalue weighted by Gasteiger charge is 2.79. The molecule has 0 aliphatic heterocycles. The molecule has 12 heteroatoms. The van der Waals surface area contributed by atoms with Crippen LogP contribution in [0.3, 0.4) is 0 Å². The Kier molecular flexibility index (Phi) is 5.43. The highest BCUT2D eigenvalue weighted by molar-refractivity contribution is 5.03. The van der Waals surface area contributed by atoms with E-state index in [1.165, 1.54) is 0 Å². The van der Waals surface area contributed by atoms with E-state index in [-0.39, 0.29) is 27.7 Å². The van der Waals surface area contributed by atoms with Gasteiger partial charge in [0.25, 0.3) is 0 Å². The third kappa shape index (κ3) is 3.50. The fourth-order valence-electron chi connectivity index (χ4n) is 1.27. The van der Waals surface area contributed by atoms with Crippen LogP contribution >= 0.6 is 0 Å². The van der Waals surface area contributed by atoms with Crippen molar-refractivity contribution in [3.05, 3.63) is 0 Å². The van der Waals surface area contributed by atoms with Crippen molar-refractivity contribution in [1.82, 2.24) is 0 Å². The monoisotopic (exact) mass is 370 g/mol. The van der Waals surface area contributed by atoms with Gasteiger partial charge in [-0.15, -0.1) is 0 Å². The van der Waals surface area contributed by atoms with Gasteiger partial charge < -0.3 is 4.74 Å². The van der Waals surface area contributed by atoms with Crippen LogP contribution < -0.4 is 0 Å². The lowest BCUT2D eigenvalue weighted by Crippen LogP contribution is -2.65. The van der Waals surface area contributed by atoms with E-state index >= 15 is 0 Å². The standard InChI is InChI=1S/C11H13F11O/c1-6(2,14)9(17,18)10(19,20)11(21,22)23-7(3,4)8(15,16)5(12)13/h5H,1-4H3. The second kappa shape index (κ2) is 5.62. The van der Waals surface area contributed by atoms with Gasteiger partial charge in [0.05, 0.1) is 0 Å². The molecule has 0 fully saturated rings. The van der Waals surface area contributed by atoms with Crippen molar-refractivity contribution in [1.29, 1.82) is 0 Å². The number of hydrogen-bond acceptors (Lipinski definition) is 1. The molecule has 0 amide bonds. The average molecular weight is 370 g/mol. The zero-order valence-electron chi connectivity index (χ0n) is 12.1. The van der Waals surface area contributed by atoms with Crippen LogP contribution in [0.4, 0.5) is 48.3 Å². The smallest absolute Gasteiger partial charge is 0.303 e. The topological polar surface area (TPSA) is 9.23 Å². The molecule has 0 aromatic carbocycles. The SMILES string of the molecule is CC(C)(F)C(F)(F)C(F)(F)C(F)(F)OC(C)(C)C(F)(F)C(F)F. The van der Waals surface area contributed by atoms with Crippen LogP contribution in [0.1, 0.15) is 27.7 Å². The average Bonchev–Trinajstić information content (AvgIpc) is 2.24. The summed E-state index contributed by atoms with van der Waals surface area (Å²) in [4.78, 5) is 0. The molecular weight excluding hydrogens is 357 g/mol. The molecule has 0 saturated heterocycles. The summed E-state index contributed by atoms with van der Waals surface area (Å²) in [6, 6.07) is 0. The van der Waals surface area contributed by atoms with Crippen LogP contribution in [0.25, 0.3) is 0 Å². The van der Waals surface area contributed by atoms with Crippen LogP contribution in [0, 0.1) is 0 Å². The molecule has 0 rings (SSSR count). The van der Waals surface area contributed by atoms with Crippen molar-refractivity contribution < 1.29 is 53.0 Å². The Hall–Kier alpha value is -0.810. The minimum Gasteiger partial charge on any atom is -0.303 e. The second-order valence-electron chi connectivity index (χ2n) is 5.67. The van der Waals surface area contributed by atoms with Crippen molar-refractivity contribution in [2.75, 3.05) is 0 Å². The van der Waals surface area contributed by atoms with E-state index in [1.807, 2.05) is 0 Å². The highest BCUT2D eigenvalue weighted by atomic mass is 19.4. The molecule has 0 aromatic heterocycles. The van der Waals surface area contributed by atoms with Crippen LogP contribution in [0.5, 0.6) is 0 Å². The van der Waals surface area contributed by atoms with Gasteiger partial charge in [-0.25, -0.2) is 13.2 Å². The van der Waals surface area contributed by atoms with Gasteiger partial charge in [0.1, 0.15) is 5.60 Å². The van der Waals surface area contributed by atoms with Crippen molar-refractivity contribution in [3.63, 3.8) is 0 Å². The van der Waals surface area contributed by atoms with Gasteiger partial charge in [0.15, 0.2) is 5.67 Å². The Morgan fingerprint density at radius 3 is 1.26 bits per heavy atom. The first-order valence-electron chi connectivity index (χ1n) is 5.83. The summed E-state index contributed by atoms with van der Waals surface area (Å²) in [7, 11) is 0. The third-order valence-electron chi connectivity index (χ3n) is 2.97. The molecule has 0 aliphatic carbocycles. The van der Waals surface area contributed by atoms with Gasteiger partial charge in [0, 0.05) is 0 Å². The van der Waals surface area contributed by atoms with Crippen molar-refractivity contribution in [3.8, 4) is 0 Å². The van der Waals surface area contributed by atoms with Crippen molar-refractivity contribution in [2.24, 2.45) is 0 Å². The molecule has 0 spiro atoms. The molecule has 0 unspecified atom stereocenters. The van der Waals surface area contributed by atoms with E-state index in [2.05, 4.69) is 4.74 Å². The van der Waals surface area contributed by atoms with E-state index < -0.39 is 41.6 Å². The Morgan fingerprint density at radius 2 is 1.00 bits per heavy atom. The Morgan fingerprint density at radius 1 is 0.652 bits per heavy atom. The maximum absolute atomic E-state index is 13.3. The molecule has 140 valence electrons. The quantitative estimate of drug-likeness (QED) is 0.553. The van der Waals surface area contributed by atoms with Gasteiger partial charge >= 0.3 is 30.3 Å². The molecule has 0 heterocycles. The van der Waals surface area contributed by atoms with Crippen LogP contribution in [0.2, 0.25) is 0 Å². The lowest BCUT2D eigenvalue weighted by molar-refractivity contribution is -0.447. The molecule has 0 aromatic rings. The van der Waals surface area contributed by atoms with E-state index in [1.54, 1.807) is 0 Å². The minimum absolute atomic E-state index is 0.123. The number of hydrogen-bond donors (Lipinski definition) is 0. The van der Waals surface area contributed by atoms with Gasteiger partial charge in [-0.05, 0) is 27.7 Å². The van der Waals surface area contributed by atoms with E-state index in [0.717, 1.165) is 0 Å². The molecule has 0 radical (unpaired) electrons. The van der Waals surface area contributed by atoms with Crippen LogP contribution in [-0.4, -0.2) is 41.6 Å². The normalized spacial score (nSPS) is 16.2. The summed E-state index contributed by atoms with van der Waals surface area (Å²) in [5, 5.41) is 0. The number of ether oxygens (including phenoxy) is 1. The summed E-state index contributed by atoms with van der Waals surface area (Å²) >= 11 is 0. The Labute approximate surface area is 123 Å². The highest BCUT2D eigenvalue weighted by Crippen LogP contribution is 2.54. The molecular formula is C11H13F11O. The van der Waals surface area contributed by atoms with Gasteiger partial charge in [0.2, 0.25) is 0 Å². The van der Waals surface area contributed by atoms with E-state index in [0.29, 0.717) is 0 Å². The maximum Gasteiger partial charge on any atom is 0.426 e. The third-order valence-corrected chi connectivity index (χ3v) is 2.97. The minimum atomic E-state index is -6.60. The van der Waals surface area contributed by atoms with Crippen LogP contribution in [-0.2, 0) is 4.74 Å². The molecule has 0 N–H and O–H groups in total. The number of rotatable bonds is 7. The van der Waals surface area contributed by atoms with E-state index in [9.17, 15) is 48.3 Å². The van der Waals surface area contributed by atoms with E-state index in [4.69, 9.17) is 0 Å². The van der Waals surface area contributed by atoms with Gasteiger partial charge in [-0.1, -0.05) is 0 Å². The van der Waals surface area contributed by atoms with Crippen LogP contribution in [0.15, 0.2) is 0 Å². The molecule has 0 saturated carbocycles.